The minimum absolute atomic E-state index is 0.177. The molecule has 0 aliphatic carbocycles. The molecule has 2 N–H and O–H groups in total. The SMILES string of the molecule is O=S(=O)(CC1CCCNC1)N1CCOCC1CO. The average Bonchev–Trinajstić information content (AvgIpc) is 2.39. The van der Waals surface area contributed by atoms with Crippen LogP contribution in [0.5, 0.6) is 0 Å². The fraction of sp³-hybridized carbons (Fsp3) is 1.00. The Morgan fingerprint density at radius 3 is 2.94 bits per heavy atom. The predicted molar refractivity (Wildman–Crippen MR) is 67.8 cm³/mol. The summed E-state index contributed by atoms with van der Waals surface area (Å²) < 4.78 is 31.3. The number of rotatable bonds is 4. The number of nitrogens with zero attached hydrogens (tertiary/aromatic N) is 1. The maximum absolute atomic E-state index is 12.4. The molecule has 6 nitrogen and oxygen atoms in total. The number of morpholine rings is 1. The lowest BCUT2D eigenvalue weighted by atomic mass is 10.0. The van der Waals surface area contributed by atoms with Gasteiger partial charge in [0.1, 0.15) is 0 Å². The van der Waals surface area contributed by atoms with Gasteiger partial charge in [-0.3, -0.25) is 0 Å². The van der Waals surface area contributed by atoms with Crippen LogP contribution in [0.15, 0.2) is 0 Å². The molecule has 2 saturated heterocycles. The number of piperidine rings is 1. The number of ether oxygens (including phenoxy) is 1. The molecule has 0 aromatic rings. The molecule has 7 heteroatoms. The Morgan fingerprint density at radius 2 is 2.28 bits per heavy atom. The molecule has 2 unspecified atom stereocenters. The van der Waals surface area contributed by atoms with Gasteiger partial charge in [-0.05, 0) is 31.8 Å². The van der Waals surface area contributed by atoms with Crippen molar-refractivity contribution in [3.8, 4) is 0 Å². The van der Waals surface area contributed by atoms with Crippen molar-refractivity contribution in [3.63, 3.8) is 0 Å². The van der Waals surface area contributed by atoms with E-state index < -0.39 is 16.1 Å². The Kier molecular flexibility index (Phi) is 4.97. The van der Waals surface area contributed by atoms with Crippen LogP contribution >= 0.6 is 0 Å². The van der Waals surface area contributed by atoms with Gasteiger partial charge in [0.05, 0.1) is 31.6 Å². The Hall–Kier alpha value is -0.210. The molecule has 2 aliphatic rings. The third kappa shape index (κ3) is 3.42. The number of nitrogens with one attached hydrogen (secondary N) is 1. The molecule has 0 amide bonds. The van der Waals surface area contributed by atoms with Crippen molar-refractivity contribution >= 4 is 10.0 Å². The first-order chi connectivity index (χ1) is 8.63. The molecule has 106 valence electrons. The largest absolute Gasteiger partial charge is 0.395 e. The highest BCUT2D eigenvalue weighted by molar-refractivity contribution is 7.89. The van der Waals surface area contributed by atoms with Crippen molar-refractivity contribution in [2.45, 2.75) is 18.9 Å². The predicted octanol–water partition coefficient (Wildman–Crippen LogP) is -0.991. The molecular weight excluding hydrogens is 256 g/mol. The van der Waals surface area contributed by atoms with Crippen LogP contribution in [0.25, 0.3) is 0 Å². The van der Waals surface area contributed by atoms with E-state index in [0.29, 0.717) is 19.8 Å². The van der Waals surface area contributed by atoms with E-state index in [1.807, 2.05) is 0 Å². The zero-order valence-corrected chi connectivity index (χ0v) is 11.4. The van der Waals surface area contributed by atoms with Gasteiger partial charge in [0.2, 0.25) is 10.0 Å². The van der Waals surface area contributed by atoms with Crippen LogP contribution in [0.3, 0.4) is 0 Å². The molecule has 2 fully saturated rings. The highest BCUT2D eigenvalue weighted by Crippen LogP contribution is 2.18. The van der Waals surface area contributed by atoms with Gasteiger partial charge in [0, 0.05) is 6.54 Å². The summed E-state index contributed by atoms with van der Waals surface area (Å²) in [6.07, 6.45) is 1.99. The minimum Gasteiger partial charge on any atom is -0.395 e. The monoisotopic (exact) mass is 278 g/mol. The Balaban J connectivity index is 1.99. The standard InChI is InChI=1S/C11H22N2O4S/c14-7-11-8-17-5-4-13(11)18(15,16)9-10-2-1-3-12-6-10/h10-12,14H,1-9H2. The third-order valence-electron chi connectivity index (χ3n) is 3.59. The summed E-state index contributed by atoms with van der Waals surface area (Å²) in [5.74, 6) is 0.363. The number of hydrogen-bond donors (Lipinski definition) is 2. The minimum atomic E-state index is -3.29. The van der Waals surface area contributed by atoms with Crippen LogP contribution in [0.2, 0.25) is 0 Å². The third-order valence-corrected chi connectivity index (χ3v) is 5.67. The molecule has 0 bridgehead atoms. The highest BCUT2D eigenvalue weighted by atomic mass is 32.2. The molecule has 18 heavy (non-hydrogen) atoms. The Morgan fingerprint density at radius 1 is 1.44 bits per heavy atom. The molecule has 2 atom stereocenters. The maximum atomic E-state index is 12.4. The molecule has 0 radical (unpaired) electrons. The highest BCUT2D eigenvalue weighted by Gasteiger charge is 2.34. The van der Waals surface area contributed by atoms with Crippen molar-refractivity contribution in [1.29, 1.82) is 0 Å². The lowest BCUT2D eigenvalue weighted by molar-refractivity contribution is 0.0107. The second kappa shape index (κ2) is 6.29. The van der Waals surface area contributed by atoms with Gasteiger partial charge in [0.15, 0.2) is 0 Å². The summed E-state index contributed by atoms with van der Waals surface area (Å²) in [6.45, 7) is 2.63. The van der Waals surface area contributed by atoms with Crippen LogP contribution < -0.4 is 5.32 Å². The van der Waals surface area contributed by atoms with Crippen LogP contribution in [-0.4, -0.2) is 69.1 Å². The molecule has 0 saturated carbocycles. The smallest absolute Gasteiger partial charge is 0.214 e. The van der Waals surface area contributed by atoms with Crippen molar-refractivity contribution in [3.05, 3.63) is 0 Å². The molecule has 0 aromatic heterocycles. The molecule has 2 aliphatic heterocycles. The lowest BCUT2D eigenvalue weighted by Crippen LogP contribution is -2.52. The summed E-state index contributed by atoms with van der Waals surface area (Å²) in [6, 6.07) is -0.416. The number of aliphatic hydroxyl groups excluding tert-OH is 1. The van der Waals surface area contributed by atoms with E-state index in [9.17, 15) is 13.5 Å². The van der Waals surface area contributed by atoms with E-state index >= 15 is 0 Å². The van der Waals surface area contributed by atoms with Gasteiger partial charge >= 0.3 is 0 Å². The van der Waals surface area contributed by atoms with Gasteiger partial charge < -0.3 is 15.2 Å². The van der Waals surface area contributed by atoms with Gasteiger partial charge in [-0.25, -0.2) is 8.42 Å². The fourth-order valence-electron chi connectivity index (χ4n) is 2.61. The summed E-state index contributed by atoms with van der Waals surface area (Å²) in [4.78, 5) is 0. The van der Waals surface area contributed by atoms with E-state index in [-0.39, 0.29) is 18.3 Å². The molecule has 0 spiro atoms. The second-order valence-electron chi connectivity index (χ2n) is 5.01. The first-order valence-electron chi connectivity index (χ1n) is 6.52. The van der Waals surface area contributed by atoms with Crippen LogP contribution in [0.4, 0.5) is 0 Å². The van der Waals surface area contributed by atoms with Crippen molar-refractivity contribution in [1.82, 2.24) is 9.62 Å². The van der Waals surface area contributed by atoms with E-state index in [0.717, 1.165) is 25.9 Å². The zero-order valence-electron chi connectivity index (χ0n) is 10.5. The van der Waals surface area contributed by atoms with Gasteiger partial charge in [-0.15, -0.1) is 0 Å². The van der Waals surface area contributed by atoms with Crippen molar-refractivity contribution in [2.24, 2.45) is 5.92 Å². The van der Waals surface area contributed by atoms with E-state index in [2.05, 4.69) is 5.32 Å². The maximum Gasteiger partial charge on any atom is 0.214 e. The summed E-state index contributed by atoms with van der Waals surface area (Å²) in [5.41, 5.74) is 0. The van der Waals surface area contributed by atoms with E-state index in [4.69, 9.17) is 4.74 Å². The van der Waals surface area contributed by atoms with Gasteiger partial charge in [0.25, 0.3) is 0 Å². The average molecular weight is 278 g/mol. The van der Waals surface area contributed by atoms with Crippen LogP contribution in [0.1, 0.15) is 12.8 Å². The fourth-order valence-corrected chi connectivity index (χ4v) is 4.62. The van der Waals surface area contributed by atoms with Crippen molar-refractivity contribution in [2.75, 3.05) is 45.2 Å². The molecule has 2 heterocycles. The van der Waals surface area contributed by atoms with Crippen LogP contribution in [-0.2, 0) is 14.8 Å². The van der Waals surface area contributed by atoms with E-state index in [1.54, 1.807) is 0 Å². The number of hydrogen-bond acceptors (Lipinski definition) is 5. The molecule has 2 rings (SSSR count). The second-order valence-corrected chi connectivity index (χ2v) is 6.98. The first-order valence-corrected chi connectivity index (χ1v) is 8.13. The molecule has 0 aromatic carbocycles. The number of aliphatic hydroxyl groups is 1. The quantitative estimate of drug-likeness (QED) is 0.690. The van der Waals surface area contributed by atoms with E-state index in [1.165, 1.54) is 4.31 Å². The summed E-state index contributed by atoms with van der Waals surface area (Å²) >= 11 is 0. The Bertz CT molecular complexity index is 354. The van der Waals surface area contributed by atoms with Gasteiger partial charge in [-0.2, -0.15) is 4.31 Å². The normalized spacial score (nSPS) is 31.4. The van der Waals surface area contributed by atoms with Crippen LogP contribution in [0, 0.1) is 5.92 Å². The molecular formula is C11H22N2O4S. The van der Waals surface area contributed by atoms with Gasteiger partial charge in [-0.1, -0.05) is 0 Å². The zero-order chi connectivity index (χ0) is 13.0. The number of sulfonamides is 1. The lowest BCUT2D eigenvalue weighted by Gasteiger charge is -2.35. The summed E-state index contributed by atoms with van der Waals surface area (Å²) in [5, 5.41) is 12.5. The topological polar surface area (TPSA) is 78.9 Å². The first kappa shape index (κ1) is 14.2. The Labute approximate surface area is 108 Å². The van der Waals surface area contributed by atoms with Crippen molar-refractivity contribution < 1.29 is 18.3 Å². The summed E-state index contributed by atoms with van der Waals surface area (Å²) in [7, 11) is -3.29.